The smallest absolute Gasteiger partial charge is 0.362 e. The molecule has 1 aromatic carbocycles. The molecule has 1 unspecified atom stereocenters. The summed E-state index contributed by atoms with van der Waals surface area (Å²) in [4.78, 5) is 16.3. The zero-order chi connectivity index (χ0) is 17.3. The predicted molar refractivity (Wildman–Crippen MR) is 90.4 cm³/mol. The van der Waals surface area contributed by atoms with Crippen LogP contribution in [0.15, 0.2) is 24.3 Å². The number of nitriles is 2. The fourth-order valence-corrected chi connectivity index (χ4v) is 4.29. The van der Waals surface area contributed by atoms with Gasteiger partial charge in [0.25, 0.3) is 0 Å². The molecule has 0 saturated carbocycles. The molecular weight excluding hydrogens is 313 g/mol. The number of carboxylic acid groups (broad SMARTS) is 1. The second kappa shape index (κ2) is 9.22. The van der Waals surface area contributed by atoms with Gasteiger partial charge in [-0.25, -0.2) is 9.63 Å². The fraction of sp³-hybridized carbons (Fsp3) is 0.438. The summed E-state index contributed by atoms with van der Waals surface area (Å²) in [6.45, 7) is -0.173. The van der Waals surface area contributed by atoms with E-state index in [-0.39, 0.29) is 11.2 Å². The monoisotopic (exact) mass is 334 g/mol. The minimum absolute atomic E-state index is 0.149. The summed E-state index contributed by atoms with van der Waals surface area (Å²) in [5, 5.41) is 27.7. The molecule has 122 valence electrons. The van der Waals surface area contributed by atoms with Gasteiger partial charge in [-0.15, -0.1) is 4.65 Å². The Kier molecular flexibility index (Phi) is 7.65. The third-order valence-electron chi connectivity index (χ3n) is 3.59. The lowest BCUT2D eigenvalue weighted by molar-refractivity contribution is -0.153. The van der Waals surface area contributed by atoms with E-state index in [0.29, 0.717) is 12.8 Å². The number of likely N-dealkylation sites (N-methyl/N-ethyl adjacent to an activating group) is 1. The van der Waals surface area contributed by atoms with E-state index >= 15 is 0 Å². The molecule has 0 amide bonds. The molecule has 0 aliphatic carbocycles. The second-order valence-corrected chi connectivity index (χ2v) is 7.65. The van der Waals surface area contributed by atoms with E-state index in [9.17, 15) is 4.79 Å². The molecule has 1 aromatic rings. The van der Waals surface area contributed by atoms with Crippen molar-refractivity contribution in [3.8, 4) is 12.1 Å². The van der Waals surface area contributed by atoms with Gasteiger partial charge < -0.3 is 5.11 Å². The van der Waals surface area contributed by atoms with Gasteiger partial charge in [-0.3, -0.25) is 0 Å². The predicted octanol–water partition coefficient (Wildman–Crippen LogP) is 2.20. The Hall–Kier alpha value is -1.98. The Labute approximate surface area is 137 Å². The molecule has 0 spiro atoms. The van der Waals surface area contributed by atoms with Gasteiger partial charge in [-0.1, -0.05) is 7.92 Å². The van der Waals surface area contributed by atoms with Crippen LogP contribution in [0, 0.1) is 22.7 Å². The van der Waals surface area contributed by atoms with Crippen molar-refractivity contribution in [2.24, 2.45) is 0 Å². The van der Waals surface area contributed by atoms with Gasteiger partial charge in [0, 0.05) is 25.0 Å². The maximum Gasteiger partial charge on any atom is 0.362 e. The number of nitrogens with zero attached hydrogens (tertiary/aromatic N) is 3. The van der Waals surface area contributed by atoms with Crippen LogP contribution in [0.1, 0.15) is 12.8 Å². The van der Waals surface area contributed by atoms with Crippen molar-refractivity contribution in [1.29, 1.82) is 10.5 Å². The largest absolute Gasteiger partial charge is 0.477 e. The molecule has 23 heavy (non-hydrogen) atoms. The van der Waals surface area contributed by atoms with Gasteiger partial charge in [0.05, 0.1) is 19.2 Å². The molecule has 0 fully saturated rings. The molecule has 6 nitrogen and oxygen atoms in total. The van der Waals surface area contributed by atoms with Crippen molar-refractivity contribution in [1.82, 2.24) is 4.65 Å². The summed E-state index contributed by atoms with van der Waals surface area (Å²) in [6, 6.07) is 11.9. The van der Waals surface area contributed by atoms with Crippen LogP contribution in [-0.2, 0) is 9.63 Å². The fourth-order valence-electron chi connectivity index (χ4n) is 2.24. The lowest BCUT2D eigenvalue weighted by atomic mass is 10.3. The summed E-state index contributed by atoms with van der Waals surface area (Å²) in [7, 11) is 2.62. The van der Waals surface area contributed by atoms with Crippen LogP contribution >= 0.6 is 7.92 Å². The lowest BCUT2D eigenvalue weighted by Crippen LogP contribution is -2.47. The average Bonchev–Trinajstić information content (AvgIpc) is 2.54. The number of quaternary nitrogens is 1. The van der Waals surface area contributed by atoms with Crippen LogP contribution in [0.2, 0.25) is 0 Å². The first kappa shape index (κ1) is 19.1. The number of benzene rings is 1. The highest BCUT2D eigenvalue weighted by molar-refractivity contribution is 7.65. The summed E-state index contributed by atoms with van der Waals surface area (Å²) < 4.78 is -0.149. The van der Waals surface area contributed by atoms with Crippen LogP contribution in [0.25, 0.3) is 0 Å². The zero-order valence-corrected chi connectivity index (χ0v) is 14.3. The number of aliphatic carboxylic acids is 1. The van der Waals surface area contributed by atoms with Crippen LogP contribution in [0.5, 0.6) is 0 Å². The molecule has 0 bridgehead atoms. The molecule has 0 saturated heterocycles. The van der Waals surface area contributed by atoms with E-state index in [4.69, 9.17) is 20.5 Å². The Balaban J connectivity index is 2.97. The summed E-state index contributed by atoms with van der Waals surface area (Å²) >= 11 is 0. The Morgan fingerprint density at radius 1 is 1.22 bits per heavy atom. The van der Waals surface area contributed by atoms with Gasteiger partial charge in [0.2, 0.25) is 6.54 Å². The molecule has 0 radical (unpaired) electrons. The number of hydrogen-bond donors (Lipinski definition) is 1. The summed E-state index contributed by atoms with van der Waals surface area (Å²) in [5.74, 6) is -0.941. The van der Waals surface area contributed by atoms with Crippen LogP contribution < -0.4 is 9.95 Å². The zero-order valence-electron chi connectivity index (χ0n) is 13.4. The SMILES string of the molecule is CO[N+](C)(CC(=O)O)c1ccc(P(CCC#N)CCC#N)cc1. The number of hydroxylamine groups is 2. The Bertz CT molecular complexity index is 588. The number of carboxylic acids is 1. The standard InChI is InChI=1S/C16H20N3O3P/c1-19(22-2,13-16(20)21)14-5-7-15(8-6-14)23(11-3-9-17)12-4-10-18/h5-8H,3-4,11-13H2,1-2H3/p+1. The highest BCUT2D eigenvalue weighted by atomic mass is 31.1. The normalized spacial score (nSPS) is 13.1. The van der Waals surface area contributed by atoms with E-state index in [1.54, 1.807) is 7.05 Å². The van der Waals surface area contributed by atoms with Crippen LogP contribution in [0.3, 0.4) is 0 Å². The molecule has 0 aliphatic rings. The summed E-state index contributed by atoms with van der Waals surface area (Å²) in [5.41, 5.74) is 0.745. The van der Waals surface area contributed by atoms with Gasteiger partial charge in [-0.05, 0) is 29.8 Å². The maximum atomic E-state index is 11.0. The van der Waals surface area contributed by atoms with Crippen molar-refractivity contribution in [2.45, 2.75) is 12.8 Å². The van der Waals surface area contributed by atoms with Crippen LogP contribution in [-0.4, -0.2) is 44.1 Å². The van der Waals surface area contributed by atoms with Crippen LogP contribution in [0.4, 0.5) is 5.69 Å². The van der Waals surface area contributed by atoms with Gasteiger partial charge in [0.15, 0.2) is 5.69 Å². The topological polar surface area (TPSA) is 94.1 Å². The Morgan fingerprint density at radius 2 is 1.74 bits per heavy atom. The molecule has 1 atom stereocenters. The van der Waals surface area contributed by atoms with Crippen molar-refractivity contribution in [2.75, 3.05) is 33.0 Å². The minimum Gasteiger partial charge on any atom is -0.477 e. The molecule has 1 N–H and O–H groups in total. The quantitative estimate of drug-likeness (QED) is 0.424. The molecule has 7 heteroatoms. The van der Waals surface area contributed by atoms with E-state index in [0.717, 1.165) is 23.3 Å². The molecule has 0 aromatic heterocycles. The minimum atomic E-state index is -0.941. The highest BCUT2D eigenvalue weighted by Crippen LogP contribution is 2.36. The second-order valence-electron chi connectivity index (χ2n) is 5.16. The third kappa shape index (κ3) is 5.62. The first-order valence-electron chi connectivity index (χ1n) is 7.19. The van der Waals surface area contributed by atoms with E-state index < -0.39 is 13.9 Å². The molecule has 0 heterocycles. The van der Waals surface area contributed by atoms with E-state index in [1.807, 2.05) is 24.3 Å². The first-order valence-corrected chi connectivity index (χ1v) is 8.90. The molecular formula is C16H21N3O3P+. The van der Waals surface area contributed by atoms with Gasteiger partial charge in [0.1, 0.15) is 7.05 Å². The third-order valence-corrected chi connectivity index (χ3v) is 6.14. The number of rotatable bonds is 9. The van der Waals surface area contributed by atoms with Gasteiger partial charge in [-0.2, -0.15) is 10.5 Å². The average molecular weight is 334 g/mol. The van der Waals surface area contributed by atoms with E-state index in [1.165, 1.54) is 7.11 Å². The number of carbonyl (C=O) groups is 1. The maximum absolute atomic E-state index is 11.0. The Morgan fingerprint density at radius 3 is 2.13 bits per heavy atom. The lowest BCUT2D eigenvalue weighted by Gasteiger charge is -2.28. The molecule has 0 aliphatic heterocycles. The van der Waals surface area contributed by atoms with E-state index in [2.05, 4.69) is 12.1 Å². The van der Waals surface area contributed by atoms with Crippen molar-refractivity contribution >= 4 is 24.9 Å². The first-order chi connectivity index (χ1) is 11.0. The number of hydrogen-bond acceptors (Lipinski definition) is 4. The highest BCUT2D eigenvalue weighted by Gasteiger charge is 2.29. The van der Waals surface area contributed by atoms with Crippen molar-refractivity contribution in [3.05, 3.63) is 24.3 Å². The van der Waals surface area contributed by atoms with Crippen molar-refractivity contribution in [3.63, 3.8) is 0 Å². The van der Waals surface area contributed by atoms with Crippen molar-refractivity contribution < 1.29 is 14.7 Å². The van der Waals surface area contributed by atoms with Gasteiger partial charge >= 0.3 is 5.97 Å². The molecule has 1 rings (SSSR count). The summed E-state index contributed by atoms with van der Waals surface area (Å²) in [6.07, 6.45) is 2.50.